The number of benzene rings is 1. The monoisotopic (exact) mass is 348 g/mol. The number of nitrogens with one attached hydrogen (secondary N) is 1. The van der Waals surface area contributed by atoms with Gasteiger partial charge in [-0.3, -0.25) is 0 Å². The van der Waals surface area contributed by atoms with E-state index in [1.54, 1.807) is 12.5 Å². The molecule has 3 aromatic rings. The van der Waals surface area contributed by atoms with Crippen LogP contribution in [0.5, 0.6) is 11.6 Å². The van der Waals surface area contributed by atoms with Gasteiger partial charge in [-0.2, -0.15) is 0 Å². The van der Waals surface area contributed by atoms with E-state index in [2.05, 4.69) is 20.3 Å². The second-order valence-electron chi connectivity index (χ2n) is 6.86. The molecule has 2 aromatic heterocycles. The molecule has 134 valence electrons. The number of rotatable bonds is 4. The molecule has 1 N–H and O–H groups in total. The molecular weight excluding hydrogens is 324 g/mol. The summed E-state index contributed by atoms with van der Waals surface area (Å²) in [5.74, 6) is 2.22. The summed E-state index contributed by atoms with van der Waals surface area (Å²) >= 11 is 0. The Bertz CT molecular complexity index is 845. The van der Waals surface area contributed by atoms with Crippen LogP contribution in [0, 0.1) is 0 Å². The van der Waals surface area contributed by atoms with E-state index in [-0.39, 0.29) is 0 Å². The maximum atomic E-state index is 5.87. The Kier molecular flexibility index (Phi) is 5.24. The first-order chi connectivity index (χ1) is 12.9. The molecule has 4 rings (SSSR count). The lowest BCUT2D eigenvalue weighted by molar-refractivity contribution is 0.463. The van der Waals surface area contributed by atoms with Crippen LogP contribution in [-0.4, -0.2) is 21.0 Å². The molecule has 0 aliphatic heterocycles. The minimum Gasteiger partial charge on any atom is -0.439 e. The zero-order valence-electron chi connectivity index (χ0n) is 14.9. The zero-order chi connectivity index (χ0) is 17.6. The first-order valence-electron chi connectivity index (χ1n) is 9.49. The molecule has 0 atom stereocenters. The van der Waals surface area contributed by atoms with E-state index in [1.165, 1.54) is 44.9 Å². The fourth-order valence-corrected chi connectivity index (χ4v) is 3.54. The van der Waals surface area contributed by atoms with Gasteiger partial charge in [-0.15, -0.1) is 0 Å². The van der Waals surface area contributed by atoms with E-state index in [4.69, 9.17) is 4.74 Å². The van der Waals surface area contributed by atoms with Gasteiger partial charge in [-0.05, 0) is 37.1 Å². The summed E-state index contributed by atoms with van der Waals surface area (Å²) in [5.41, 5.74) is 0.918. The van der Waals surface area contributed by atoms with Gasteiger partial charge < -0.3 is 10.1 Å². The molecule has 5 heteroatoms. The largest absolute Gasteiger partial charge is 0.439 e. The first kappa shape index (κ1) is 16.8. The number of pyridine rings is 1. The molecule has 26 heavy (non-hydrogen) atoms. The lowest BCUT2D eigenvalue weighted by Gasteiger charge is -2.22. The Morgan fingerprint density at radius 2 is 1.73 bits per heavy atom. The lowest BCUT2D eigenvalue weighted by Crippen LogP contribution is -2.21. The van der Waals surface area contributed by atoms with Crippen molar-refractivity contribution in [3.05, 3.63) is 48.9 Å². The van der Waals surface area contributed by atoms with Crippen LogP contribution in [0.15, 0.2) is 48.9 Å². The van der Waals surface area contributed by atoms with Crippen molar-refractivity contribution in [2.24, 2.45) is 0 Å². The van der Waals surface area contributed by atoms with Crippen LogP contribution >= 0.6 is 0 Å². The third kappa shape index (κ3) is 4.10. The van der Waals surface area contributed by atoms with Crippen LogP contribution in [0.4, 0.5) is 5.82 Å². The van der Waals surface area contributed by atoms with Gasteiger partial charge in [0, 0.05) is 23.7 Å². The molecule has 0 amide bonds. The normalized spacial score (nSPS) is 16.0. The molecule has 1 fully saturated rings. The summed E-state index contributed by atoms with van der Waals surface area (Å²) in [7, 11) is 0. The molecule has 1 aliphatic carbocycles. The van der Waals surface area contributed by atoms with Crippen molar-refractivity contribution >= 4 is 16.7 Å². The third-order valence-corrected chi connectivity index (χ3v) is 4.91. The first-order valence-corrected chi connectivity index (χ1v) is 9.49. The number of hydrogen-bond donors (Lipinski definition) is 1. The molecule has 2 heterocycles. The standard InChI is InChI=1S/C21H24N4O/c1-2-4-8-16(9-5-3-1)25-21-18-14-17(11-12-19(18)23-15-24-21)26-20-10-6-7-13-22-20/h6-7,10-16H,1-5,8-9H2,(H,23,24,25). The van der Waals surface area contributed by atoms with Gasteiger partial charge in [0.05, 0.1) is 5.52 Å². The van der Waals surface area contributed by atoms with Crippen LogP contribution in [0.1, 0.15) is 44.9 Å². The maximum Gasteiger partial charge on any atom is 0.219 e. The Labute approximate surface area is 153 Å². The number of aromatic nitrogens is 3. The fourth-order valence-electron chi connectivity index (χ4n) is 3.54. The summed E-state index contributed by atoms with van der Waals surface area (Å²) in [6.07, 6.45) is 12.4. The van der Waals surface area contributed by atoms with Gasteiger partial charge in [-0.1, -0.05) is 38.2 Å². The number of ether oxygens (including phenoxy) is 1. The van der Waals surface area contributed by atoms with Crippen molar-refractivity contribution in [2.75, 3.05) is 5.32 Å². The van der Waals surface area contributed by atoms with Gasteiger partial charge in [0.1, 0.15) is 17.9 Å². The Morgan fingerprint density at radius 1 is 0.885 bits per heavy atom. The van der Waals surface area contributed by atoms with Crippen LogP contribution in [0.3, 0.4) is 0 Å². The van der Waals surface area contributed by atoms with Crippen molar-refractivity contribution in [2.45, 2.75) is 51.0 Å². The van der Waals surface area contributed by atoms with E-state index < -0.39 is 0 Å². The topological polar surface area (TPSA) is 59.9 Å². The minimum atomic E-state index is 0.480. The third-order valence-electron chi connectivity index (χ3n) is 4.91. The minimum absolute atomic E-state index is 0.480. The molecule has 0 radical (unpaired) electrons. The highest BCUT2D eigenvalue weighted by molar-refractivity contribution is 5.90. The smallest absolute Gasteiger partial charge is 0.219 e. The quantitative estimate of drug-likeness (QED) is 0.689. The summed E-state index contributed by atoms with van der Waals surface area (Å²) in [6, 6.07) is 12.0. The zero-order valence-corrected chi connectivity index (χ0v) is 14.9. The molecule has 5 nitrogen and oxygen atoms in total. The highest BCUT2D eigenvalue weighted by atomic mass is 16.5. The second kappa shape index (κ2) is 8.13. The number of nitrogens with zero attached hydrogens (tertiary/aromatic N) is 3. The van der Waals surface area contributed by atoms with Crippen LogP contribution in [-0.2, 0) is 0 Å². The van der Waals surface area contributed by atoms with E-state index in [1.807, 2.05) is 36.4 Å². The average molecular weight is 348 g/mol. The van der Waals surface area contributed by atoms with E-state index >= 15 is 0 Å². The van der Waals surface area contributed by atoms with Gasteiger partial charge in [0.2, 0.25) is 5.88 Å². The molecule has 1 saturated carbocycles. The molecule has 1 aromatic carbocycles. The van der Waals surface area contributed by atoms with E-state index in [0.717, 1.165) is 22.5 Å². The van der Waals surface area contributed by atoms with E-state index in [0.29, 0.717) is 11.9 Å². The van der Waals surface area contributed by atoms with E-state index in [9.17, 15) is 0 Å². The summed E-state index contributed by atoms with van der Waals surface area (Å²) < 4.78 is 5.87. The second-order valence-corrected chi connectivity index (χ2v) is 6.86. The Balaban J connectivity index is 1.58. The van der Waals surface area contributed by atoms with Crippen molar-refractivity contribution in [3.63, 3.8) is 0 Å². The number of anilines is 1. The van der Waals surface area contributed by atoms with Gasteiger partial charge >= 0.3 is 0 Å². The van der Waals surface area contributed by atoms with Gasteiger partial charge in [0.25, 0.3) is 0 Å². The Hall–Kier alpha value is -2.69. The fraction of sp³-hybridized carbons (Fsp3) is 0.381. The summed E-state index contributed by atoms with van der Waals surface area (Å²) in [4.78, 5) is 13.1. The highest BCUT2D eigenvalue weighted by Gasteiger charge is 2.14. The molecule has 1 aliphatic rings. The number of hydrogen-bond acceptors (Lipinski definition) is 5. The molecule has 0 bridgehead atoms. The van der Waals surface area contributed by atoms with Crippen LogP contribution < -0.4 is 10.1 Å². The molecule has 0 unspecified atom stereocenters. The van der Waals surface area contributed by atoms with Crippen LogP contribution in [0.2, 0.25) is 0 Å². The lowest BCUT2D eigenvalue weighted by atomic mass is 9.96. The average Bonchev–Trinajstić information content (AvgIpc) is 2.65. The molecule has 0 spiro atoms. The maximum absolute atomic E-state index is 5.87. The number of fused-ring (bicyclic) bond motifs is 1. The summed E-state index contributed by atoms with van der Waals surface area (Å²) in [5, 5.41) is 4.65. The SMILES string of the molecule is c1ccc(Oc2ccc3ncnc(NC4CCCCCCC4)c3c2)nc1. The van der Waals surface area contributed by atoms with Gasteiger partial charge in [0.15, 0.2) is 0 Å². The molecule has 0 saturated heterocycles. The van der Waals surface area contributed by atoms with Gasteiger partial charge in [-0.25, -0.2) is 15.0 Å². The predicted octanol–water partition coefficient (Wildman–Crippen LogP) is 5.34. The highest BCUT2D eigenvalue weighted by Crippen LogP contribution is 2.28. The predicted molar refractivity (Wildman–Crippen MR) is 104 cm³/mol. The van der Waals surface area contributed by atoms with Crippen LogP contribution in [0.25, 0.3) is 10.9 Å². The summed E-state index contributed by atoms with van der Waals surface area (Å²) in [6.45, 7) is 0. The Morgan fingerprint density at radius 3 is 2.54 bits per heavy atom. The molecular formula is C21H24N4O. The van der Waals surface area contributed by atoms with Crippen molar-refractivity contribution in [1.29, 1.82) is 0 Å². The van der Waals surface area contributed by atoms with Crippen molar-refractivity contribution < 1.29 is 4.74 Å². The van der Waals surface area contributed by atoms with Crippen molar-refractivity contribution in [1.82, 2.24) is 15.0 Å². The van der Waals surface area contributed by atoms with Crippen molar-refractivity contribution in [3.8, 4) is 11.6 Å².